The Morgan fingerprint density at radius 3 is 2.52 bits per heavy atom. The molecule has 3 N–H and O–H groups in total. The first kappa shape index (κ1) is 20.8. The number of nitrogens with two attached hydrogens (primary N) is 1. The highest BCUT2D eigenvalue weighted by Crippen LogP contribution is 2.40. The van der Waals surface area contributed by atoms with Crippen LogP contribution in [0, 0.1) is 17.2 Å². The maximum Gasteiger partial charge on any atom is 0.312 e. The normalized spacial score (nSPS) is 13.0. The number of urea groups is 1. The number of hydrogen-bond acceptors (Lipinski definition) is 2. The minimum absolute atomic E-state index is 0.167. The van der Waals surface area contributed by atoms with Crippen molar-refractivity contribution in [2.24, 2.45) is 17.1 Å². The Balaban J connectivity index is 1.97. The Kier molecular flexibility index (Phi) is 5.91. The highest BCUT2D eigenvalue weighted by molar-refractivity contribution is 5.81. The second-order valence-corrected chi connectivity index (χ2v) is 8.74. The van der Waals surface area contributed by atoms with Crippen LogP contribution >= 0.6 is 0 Å². The number of halogens is 1. The average molecular weight is 397 g/mol. The molecule has 0 bridgehead atoms. The predicted molar refractivity (Wildman–Crippen MR) is 115 cm³/mol. The minimum Gasteiger partial charge on any atom is -0.352 e. The molecule has 1 atom stereocenters. The lowest BCUT2D eigenvalue weighted by Crippen LogP contribution is -2.40. The van der Waals surface area contributed by atoms with Crippen LogP contribution in [0.15, 0.2) is 48.7 Å². The van der Waals surface area contributed by atoms with Crippen LogP contribution in [0.5, 0.6) is 0 Å². The standard InChI is InChI=1S/C23H29FN4O/c1-15(2)11-20(23(3,4)14-26-22(25)29)16-5-10-21-17(12-16)13-27-28(21)19-8-6-18(24)7-9-19/h5-10,12-13,15,20H,11,14H2,1-4H3,(H3,25,26,29). The van der Waals surface area contributed by atoms with Gasteiger partial charge in [0.2, 0.25) is 0 Å². The summed E-state index contributed by atoms with van der Waals surface area (Å²) >= 11 is 0. The predicted octanol–water partition coefficient (Wildman–Crippen LogP) is 4.99. The Hall–Kier alpha value is -2.89. The fourth-order valence-corrected chi connectivity index (χ4v) is 3.87. The molecule has 5 nitrogen and oxygen atoms in total. The van der Waals surface area contributed by atoms with Gasteiger partial charge in [-0.25, -0.2) is 13.9 Å². The van der Waals surface area contributed by atoms with E-state index < -0.39 is 6.03 Å². The summed E-state index contributed by atoms with van der Waals surface area (Å²) in [5.41, 5.74) is 8.13. The second-order valence-electron chi connectivity index (χ2n) is 8.74. The lowest BCUT2D eigenvalue weighted by Gasteiger charge is -2.36. The molecular formula is C23H29FN4O. The highest BCUT2D eigenvalue weighted by atomic mass is 19.1. The third-order valence-electron chi connectivity index (χ3n) is 5.43. The first-order chi connectivity index (χ1) is 13.7. The van der Waals surface area contributed by atoms with E-state index in [9.17, 15) is 9.18 Å². The molecule has 1 aromatic heterocycles. The van der Waals surface area contributed by atoms with E-state index in [1.807, 2.05) is 10.9 Å². The highest BCUT2D eigenvalue weighted by Gasteiger charge is 2.32. The van der Waals surface area contributed by atoms with Crippen LogP contribution in [0.3, 0.4) is 0 Å². The molecule has 0 aliphatic carbocycles. The van der Waals surface area contributed by atoms with Crippen molar-refractivity contribution in [2.45, 2.75) is 40.0 Å². The zero-order valence-electron chi connectivity index (χ0n) is 17.4. The van der Waals surface area contributed by atoms with Crippen LogP contribution in [0.1, 0.15) is 45.6 Å². The summed E-state index contributed by atoms with van der Waals surface area (Å²) in [4.78, 5) is 11.2. The van der Waals surface area contributed by atoms with Gasteiger partial charge in [-0.1, -0.05) is 33.8 Å². The Morgan fingerprint density at radius 2 is 1.90 bits per heavy atom. The van der Waals surface area contributed by atoms with Crippen LogP contribution in [-0.4, -0.2) is 22.4 Å². The fourth-order valence-electron chi connectivity index (χ4n) is 3.87. The lowest BCUT2D eigenvalue weighted by molar-refractivity contribution is 0.223. The third kappa shape index (κ3) is 4.75. The fraction of sp³-hybridized carbons (Fsp3) is 0.391. The van der Waals surface area contributed by atoms with E-state index in [2.05, 4.69) is 56.3 Å². The lowest BCUT2D eigenvalue weighted by atomic mass is 9.71. The zero-order valence-corrected chi connectivity index (χ0v) is 17.4. The molecule has 2 amide bonds. The number of benzene rings is 2. The van der Waals surface area contributed by atoms with E-state index in [1.54, 1.807) is 12.1 Å². The van der Waals surface area contributed by atoms with Crippen LogP contribution < -0.4 is 11.1 Å². The number of carbonyl (C=O) groups is 1. The van der Waals surface area contributed by atoms with Crippen LogP contribution in [0.25, 0.3) is 16.6 Å². The van der Waals surface area contributed by atoms with Crippen molar-refractivity contribution in [3.8, 4) is 5.69 Å². The molecule has 0 aliphatic rings. The topological polar surface area (TPSA) is 72.9 Å². The number of aromatic nitrogens is 2. The molecule has 3 aromatic rings. The molecule has 0 aliphatic heterocycles. The maximum atomic E-state index is 13.2. The van der Waals surface area contributed by atoms with E-state index in [4.69, 9.17) is 5.73 Å². The van der Waals surface area contributed by atoms with Gasteiger partial charge in [0.05, 0.1) is 17.4 Å². The van der Waals surface area contributed by atoms with Gasteiger partial charge in [-0.2, -0.15) is 5.10 Å². The monoisotopic (exact) mass is 396 g/mol. The van der Waals surface area contributed by atoms with Crippen molar-refractivity contribution in [3.63, 3.8) is 0 Å². The molecule has 0 fully saturated rings. The van der Waals surface area contributed by atoms with E-state index in [0.717, 1.165) is 23.0 Å². The van der Waals surface area contributed by atoms with Crippen LogP contribution in [0.4, 0.5) is 9.18 Å². The summed E-state index contributed by atoms with van der Waals surface area (Å²) < 4.78 is 15.1. The van der Waals surface area contributed by atoms with Gasteiger partial charge in [0.25, 0.3) is 0 Å². The Labute approximate surface area is 171 Å². The second kappa shape index (κ2) is 8.23. The van der Waals surface area contributed by atoms with Crippen LogP contribution in [0.2, 0.25) is 0 Å². The first-order valence-corrected chi connectivity index (χ1v) is 9.94. The molecule has 1 unspecified atom stereocenters. The van der Waals surface area contributed by atoms with Gasteiger partial charge in [-0.3, -0.25) is 0 Å². The van der Waals surface area contributed by atoms with Gasteiger partial charge in [0.1, 0.15) is 5.82 Å². The van der Waals surface area contributed by atoms with Crippen molar-refractivity contribution >= 4 is 16.9 Å². The molecule has 0 saturated carbocycles. The number of nitrogens with one attached hydrogen (secondary N) is 1. The smallest absolute Gasteiger partial charge is 0.312 e. The molecular weight excluding hydrogens is 367 g/mol. The molecule has 29 heavy (non-hydrogen) atoms. The van der Waals surface area contributed by atoms with Gasteiger partial charge >= 0.3 is 6.03 Å². The summed E-state index contributed by atoms with van der Waals surface area (Å²) in [5, 5.41) is 8.29. The third-order valence-corrected chi connectivity index (χ3v) is 5.43. The Morgan fingerprint density at radius 1 is 1.21 bits per heavy atom. The number of primary amides is 1. The van der Waals surface area contributed by atoms with Crippen molar-refractivity contribution in [3.05, 3.63) is 60.0 Å². The molecule has 2 aromatic carbocycles. The molecule has 0 spiro atoms. The summed E-state index contributed by atoms with van der Waals surface area (Å²) in [6.45, 7) is 9.22. The number of hydrogen-bond donors (Lipinski definition) is 2. The van der Waals surface area contributed by atoms with Crippen molar-refractivity contribution in [2.75, 3.05) is 6.54 Å². The molecule has 6 heteroatoms. The van der Waals surface area contributed by atoms with Crippen molar-refractivity contribution in [1.29, 1.82) is 0 Å². The number of fused-ring (bicyclic) bond motifs is 1. The molecule has 3 rings (SSSR count). The minimum atomic E-state index is -0.502. The molecule has 0 radical (unpaired) electrons. The molecule has 1 heterocycles. The quantitative estimate of drug-likeness (QED) is 0.590. The number of carbonyl (C=O) groups excluding carboxylic acids is 1. The molecule has 154 valence electrons. The van der Waals surface area contributed by atoms with Gasteiger partial charge in [-0.15, -0.1) is 0 Å². The van der Waals surface area contributed by atoms with E-state index in [-0.39, 0.29) is 17.2 Å². The SMILES string of the molecule is CC(C)CC(c1ccc2c(cnn2-c2ccc(F)cc2)c1)C(C)(C)CNC(N)=O. The van der Waals surface area contributed by atoms with Gasteiger partial charge in [0, 0.05) is 11.9 Å². The average Bonchev–Trinajstić information content (AvgIpc) is 3.08. The largest absolute Gasteiger partial charge is 0.352 e. The van der Waals surface area contributed by atoms with Gasteiger partial charge < -0.3 is 11.1 Å². The summed E-state index contributed by atoms with van der Waals surface area (Å²) in [5.74, 6) is 0.481. The number of nitrogens with zero attached hydrogens (tertiary/aromatic N) is 2. The van der Waals surface area contributed by atoms with Crippen molar-refractivity contribution < 1.29 is 9.18 Å². The Bertz CT molecular complexity index is 992. The zero-order chi connectivity index (χ0) is 21.2. The van der Waals surface area contributed by atoms with Crippen LogP contribution in [-0.2, 0) is 0 Å². The van der Waals surface area contributed by atoms with Gasteiger partial charge in [-0.05, 0) is 65.6 Å². The maximum absolute atomic E-state index is 13.2. The number of rotatable bonds is 7. The van der Waals surface area contributed by atoms with E-state index in [1.165, 1.54) is 17.7 Å². The van der Waals surface area contributed by atoms with Gasteiger partial charge in [0.15, 0.2) is 0 Å². The van der Waals surface area contributed by atoms with Crippen molar-refractivity contribution in [1.82, 2.24) is 15.1 Å². The summed E-state index contributed by atoms with van der Waals surface area (Å²) in [6, 6.07) is 12.2. The molecule has 0 saturated heterocycles. The first-order valence-electron chi connectivity index (χ1n) is 9.94. The number of amides is 2. The van der Waals surface area contributed by atoms with E-state index in [0.29, 0.717) is 12.5 Å². The summed E-state index contributed by atoms with van der Waals surface area (Å²) in [7, 11) is 0. The van der Waals surface area contributed by atoms with E-state index >= 15 is 0 Å². The summed E-state index contributed by atoms with van der Waals surface area (Å²) in [6.07, 6.45) is 2.83.